The van der Waals surface area contributed by atoms with Crippen LogP contribution in [0.25, 0.3) is 0 Å². The number of aryl methyl sites for hydroxylation is 1. The molecule has 0 aliphatic carbocycles. The molecule has 0 bridgehead atoms. The Morgan fingerprint density at radius 2 is 2.33 bits per heavy atom. The van der Waals surface area contributed by atoms with Crippen molar-refractivity contribution < 1.29 is 0 Å². The zero-order valence-corrected chi connectivity index (χ0v) is 10.1. The van der Waals surface area contributed by atoms with Crippen molar-refractivity contribution in [3.63, 3.8) is 0 Å². The quantitative estimate of drug-likeness (QED) is 0.878. The van der Waals surface area contributed by atoms with Crippen LogP contribution >= 0.6 is 22.9 Å². The van der Waals surface area contributed by atoms with Crippen molar-refractivity contribution in [1.29, 1.82) is 0 Å². The number of anilines is 1. The van der Waals surface area contributed by atoms with Gasteiger partial charge in [0.2, 0.25) is 0 Å². The van der Waals surface area contributed by atoms with Gasteiger partial charge in [-0.3, -0.25) is 0 Å². The predicted molar refractivity (Wildman–Crippen MR) is 64.5 cm³/mol. The molecule has 0 amide bonds. The number of halogens is 1. The topological polar surface area (TPSA) is 43.8 Å². The summed E-state index contributed by atoms with van der Waals surface area (Å²) in [5, 5.41) is 6.93. The summed E-state index contributed by atoms with van der Waals surface area (Å²) in [6, 6.07) is 4.22. The fourth-order valence-electron chi connectivity index (χ4n) is 1.49. The van der Waals surface area contributed by atoms with Gasteiger partial charge < -0.3 is 5.73 Å². The molecular formula is C10H12ClN3S. The Morgan fingerprint density at radius 3 is 2.80 bits per heavy atom. The van der Waals surface area contributed by atoms with E-state index in [1.807, 2.05) is 18.4 Å². The molecule has 0 fully saturated rings. The monoisotopic (exact) mass is 241 g/mol. The van der Waals surface area contributed by atoms with Gasteiger partial charge in [0.15, 0.2) is 0 Å². The third kappa shape index (κ3) is 1.75. The standard InChI is InChI=1S/C10H12ClN3S/c1-6-9(11)10(12)14(13-6)7(2)8-4-3-5-15-8/h3-5,7H,12H2,1-2H3. The molecule has 5 heteroatoms. The van der Waals surface area contributed by atoms with Crippen LogP contribution in [-0.2, 0) is 0 Å². The molecule has 0 radical (unpaired) electrons. The molecule has 0 aromatic carbocycles. The maximum atomic E-state index is 6.00. The Morgan fingerprint density at radius 1 is 1.60 bits per heavy atom. The third-order valence-corrected chi connectivity index (χ3v) is 3.88. The van der Waals surface area contributed by atoms with Crippen LogP contribution in [0.1, 0.15) is 23.5 Å². The second-order valence-electron chi connectivity index (χ2n) is 3.42. The fourth-order valence-corrected chi connectivity index (χ4v) is 2.38. The van der Waals surface area contributed by atoms with Crippen molar-refractivity contribution in [2.75, 3.05) is 5.73 Å². The van der Waals surface area contributed by atoms with Crippen molar-refractivity contribution in [3.05, 3.63) is 33.1 Å². The Bertz CT molecular complexity index is 461. The van der Waals surface area contributed by atoms with E-state index < -0.39 is 0 Å². The first kappa shape index (κ1) is 10.5. The summed E-state index contributed by atoms with van der Waals surface area (Å²) in [5.41, 5.74) is 6.66. The molecule has 2 N–H and O–H groups in total. The highest BCUT2D eigenvalue weighted by atomic mass is 35.5. The first-order chi connectivity index (χ1) is 7.11. The minimum Gasteiger partial charge on any atom is -0.383 e. The highest BCUT2D eigenvalue weighted by molar-refractivity contribution is 7.10. The molecule has 1 unspecified atom stereocenters. The summed E-state index contributed by atoms with van der Waals surface area (Å²) in [6.07, 6.45) is 0. The van der Waals surface area contributed by atoms with Crippen LogP contribution in [0.2, 0.25) is 5.02 Å². The Hall–Kier alpha value is -1.00. The summed E-state index contributed by atoms with van der Waals surface area (Å²) in [7, 11) is 0. The largest absolute Gasteiger partial charge is 0.383 e. The van der Waals surface area contributed by atoms with Gasteiger partial charge >= 0.3 is 0 Å². The molecule has 2 rings (SSSR count). The maximum Gasteiger partial charge on any atom is 0.141 e. The second-order valence-corrected chi connectivity index (χ2v) is 4.78. The van der Waals surface area contributed by atoms with Crippen LogP contribution in [-0.4, -0.2) is 9.78 Å². The maximum absolute atomic E-state index is 6.00. The van der Waals surface area contributed by atoms with Crippen molar-refractivity contribution >= 4 is 28.8 Å². The molecule has 0 saturated heterocycles. The second kappa shape index (κ2) is 3.87. The van der Waals surface area contributed by atoms with Crippen molar-refractivity contribution in [2.45, 2.75) is 19.9 Å². The van der Waals surface area contributed by atoms with Crippen molar-refractivity contribution in [2.24, 2.45) is 0 Å². The number of rotatable bonds is 2. The lowest BCUT2D eigenvalue weighted by molar-refractivity contribution is 0.577. The number of thiophene rings is 1. The Labute approximate surface area is 97.5 Å². The smallest absolute Gasteiger partial charge is 0.141 e. The minimum atomic E-state index is 0.135. The van der Waals surface area contributed by atoms with E-state index in [4.69, 9.17) is 17.3 Å². The van der Waals surface area contributed by atoms with E-state index in [0.717, 1.165) is 5.69 Å². The predicted octanol–water partition coefficient (Wildman–Crippen LogP) is 3.10. The van der Waals surface area contributed by atoms with Crippen LogP contribution in [0.3, 0.4) is 0 Å². The molecule has 0 spiro atoms. The van der Waals surface area contributed by atoms with E-state index in [1.54, 1.807) is 16.0 Å². The lowest BCUT2D eigenvalue weighted by atomic mass is 10.3. The van der Waals surface area contributed by atoms with E-state index in [9.17, 15) is 0 Å². The average molecular weight is 242 g/mol. The molecule has 2 aromatic heterocycles. The van der Waals surface area contributed by atoms with Gasteiger partial charge in [0.05, 0.1) is 11.7 Å². The molecule has 0 aliphatic rings. The van der Waals surface area contributed by atoms with Gasteiger partial charge in [0, 0.05) is 4.88 Å². The molecular weight excluding hydrogens is 230 g/mol. The SMILES string of the molecule is Cc1nn(C(C)c2cccs2)c(N)c1Cl. The molecule has 2 aromatic rings. The van der Waals surface area contributed by atoms with Gasteiger partial charge in [-0.05, 0) is 25.3 Å². The highest BCUT2D eigenvalue weighted by Crippen LogP contribution is 2.29. The molecule has 0 saturated carbocycles. The number of hydrogen-bond acceptors (Lipinski definition) is 3. The van der Waals surface area contributed by atoms with Crippen LogP contribution in [0.15, 0.2) is 17.5 Å². The zero-order chi connectivity index (χ0) is 11.0. The first-order valence-electron chi connectivity index (χ1n) is 4.64. The van der Waals surface area contributed by atoms with E-state index in [2.05, 4.69) is 18.1 Å². The van der Waals surface area contributed by atoms with Crippen molar-refractivity contribution in [1.82, 2.24) is 9.78 Å². The lowest BCUT2D eigenvalue weighted by Crippen LogP contribution is -2.10. The molecule has 15 heavy (non-hydrogen) atoms. The van der Waals surface area contributed by atoms with E-state index in [1.165, 1.54) is 4.88 Å². The summed E-state index contributed by atoms with van der Waals surface area (Å²) >= 11 is 7.69. The van der Waals surface area contributed by atoms with Crippen LogP contribution in [0, 0.1) is 6.92 Å². The van der Waals surface area contributed by atoms with Crippen LogP contribution < -0.4 is 5.73 Å². The number of aromatic nitrogens is 2. The van der Waals surface area contributed by atoms with Gasteiger partial charge in [-0.15, -0.1) is 11.3 Å². The average Bonchev–Trinajstić information content (AvgIpc) is 2.82. The van der Waals surface area contributed by atoms with Gasteiger partial charge in [-0.2, -0.15) is 5.10 Å². The molecule has 80 valence electrons. The fraction of sp³-hybridized carbons (Fsp3) is 0.300. The van der Waals surface area contributed by atoms with E-state index >= 15 is 0 Å². The van der Waals surface area contributed by atoms with E-state index in [0.29, 0.717) is 10.8 Å². The summed E-state index contributed by atoms with van der Waals surface area (Å²) in [6.45, 7) is 3.92. The van der Waals surface area contributed by atoms with Gasteiger partial charge in [-0.1, -0.05) is 17.7 Å². The lowest BCUT2D eigenvalue weighted by Gasteiger charge is -2.11. The number of nitrogens with zero attached hydrogens (tertiary/aromatic N) is 2. The molecule has 3 nitrogen and oxygen atoms in total. The van der Waals surface area contributed by atoms with Gasteiger partial charge in [0.1, 0.15) is 10.8 Å². The summed E-state index contributed by atoms with van der Waals surface area (Å²) < 4.78 is 1.77. The van der Waals surface area contributed by atoms with E-state index in [-0.39, 0.29) is 6.04 Å². The molecule has 2 heterocycles. The summed E-state index contributed by atoms with van der Waals surface area (Å²) in [5.74, 6) is 0.537. The number of nitrogens with two attached hydrogens (primary N) is 1. The van der Waals surface area contributed by atoms with Gasteiger partial charge in [0.25, 0.3) is 0 Å². The number of hydrogen-bond donors (Lipinski definition) is 1. The third-order valence-electron chi connectivity index (χ3n) is 2.37. The number of nitrogen functional groups attached to an aromatic ring is 1. The normalized spacial score (nSPS) is 13.0. The van der Waals surface area contributed by atoms with Crippen LogP contribution in [0.5, 0.6) is 0 Å². The summed E-state index contributed by atoms with van der Waals surface area (Å²) in [4.78, 5) is 1.22. The Kier molecular flexibility index (Phi) is 2.71. The molecule has 0 aliphatic heterocycles. The molecule has 1 atom stereocenters. The van der Waals surface area contributed by atoms with Crippen LogP contribution in [0.4, 0.5) is 5.82 Å². The first-order valence-corrected chi connectivity index (χ1v) is 5.90. The minimum absolute atomic E-state index is 0.135. The van der Waals surface area contributed by atoms with Crippen molar-refractivity contribution in [3.8, 4) is 0 Å². The highest BCUT2D eigenvalue weighted by Gasteiger charge is 2.16. The Balaban J connectivity index is 2.42. The van der Waals surface area contributed by atoms with Gasteiger partial charge in [-0.25, -0.2) is 4.68 Å². The zero-order valence-electron chi connectivity index (χ0n) is 8.57.